The van der Waals surface area contributed by atoms with E-state index >= 15 is 0 Å². The first kappa shape index (κ1) is 15.0. The standard InChI is InChI=1S/C14H10Br2FNO2/c15-8-1-4-10(5-2-8)18-13(14(19)20)11-7-9(16)3-6-12(11)17/h1-7,13,18H,(H,19,20). The quantitative estimate of drug-likeness (QED) is 0.786. The summed E-state index contributed by atoms with van der Waals surface area (Å²) in [4.78, 5) is 11.4. The van der Waals surface area contributed by atoms with Crippen LogP contribution in [0.15, 0.2) is 51.4 Å². The molecule has 3 nitrogen and oxygen atoms in total. The van der Waals surface area contributed by atoms with Crippen molar-refractivity contribution in [2.24, 2.45) is 0 Å². The molecule has 0 bridgehead atoms. The number of hydrogen-bond donors (Lipinski definition) is 2. The SMILES string of the molecule is O=C(O)C(Nc1ccc(Br)cc1)c1cc(Br)ccc1F. The van der Waals surface area contributed by atoms with Gasteiger partial charge in [-0.3, -0.25) is 0 Å². The second-order valence-corrected chi connectivity index (χ2v) is 5.92. The summed E-state index contributed by atoms with van der Waals surface area (Å²) in [6, 6.07) is 10.0. The van der Waals surface area contributed by atoms with E-state index in [1.165, 1.54) is 18.2 Å². The molecule has 1 unspecified atom stereocenters. The van der Waals surface area contributed by atoms with Gasteiger partial charge in [-0.25, -0.2) is 9.18 Å². The zero-order valence-electron chi connectivity index (χ0n) is 10.1. The number of carboxylic acids is 1. The lowest BCUT2D eigenvalue weighted by Gasteiger charge is -2.17. The van der Waals surface area contributed by atoms with Gasteiger partial charge in [0, 0.05) is 20.2 Å². The predicted molar refractivity (Wildman–Crippen MR) is 82.2 cm³/mol. The van der Waals surface area contributed by atoms with Crippen LogP contribution in [-0.2, 0) is 4.79 Å². The number of carbonyl (C=O) groups is 1. The number of halogens is 3. The van der Waals surface area contributed by atoms with Crippen molar-refractivity contribution in [1.82, 2.24) is 0 Å². The highest BCUT2D eigenvalue weighted by Gasteiger charge is 2.23. The minimum absolute atomic E-state index is 0.0785. The highest BCUT2D eigenvalue weighted by molar-refractivity contribution is 9.10. The van der Waals surface area contributed by atoms with Crippen molar-refractivity contribution < 1.29 is 14.3 Å². The van der Waals surface area contributed by atoms with E-state index in [1.54, 1.807) is 24.3 Å². The van der Waals surface area contributed by atoms with E-state index in [-0.39, 0.29) is 5.56 Å². The van der Waals surface area contributed by atoms with Gasteiger partial charge in [0.15, 0.2) is 6.04 Å². The summed E-state index contributed by atoms with van der Waals surface area (Å²) >= 11 is 6.51. The number of carboxylic acid groups (broad SMARTS) is 1. The van der Waals surface area contributed by atoms with E-state index in [0.29, 0.717) is 10.2 Å². The summed E-state index contributed by atoms with van der Waals surface area (Å²) < 4.78 is 15.3. The van der Waals surface area contributed by atoms with Crippen molar-refractivity contribution in [1.29, 1.82) is 0 Å². The summed E-state index contributed by atoms with van der Waals surface area (Å²) in [5, 5.41) is 12.1. The van der Waals surface area contributed by atoms with Gasteiger partial charge < -0.3 is 10.4 Å². The maximum absolute atomic E-state index is 13.8. The molecule has 0 fully saturated rings. The minimum Gasteiger partial charge on any atom is -0.479 e. The van der Waals surface area contributed by atoms with Crippen molar-refractivity contribution in [3.05, 3.63) is 62.8 Å². The summed E-state index contributed by atoms with van der Waals surface area (Å²) in [5.41, 5.74) is 0.676. The predicted octanol–water partition coefficient (Wildman–Crippen LogP) is 4.59. The Balaban J connectivity index is 2.34. The van der Waals surface area contributed by atoms with Crippen LogP contribution in [0, 0.1) is 5.82 Å². The van der Waals surface area contributed by atoms with Crippen molar-refractivity contribution in [3.63, 3.8) is 0 Å². The van der Waals surface area contributed by atoms with Gasteiger partial charge in [0.1, 0.15) is 5.82 Å². The summed E-state index contributed by atoms with van der Waals surface area (Å²) in [7, 11) is 0. The highest BCUT2D eigenvalue weighted by atomic mass is 79.9. The molecule has 0 saturated carbocycles. The second-order valence-electron chi connectivity index (χ2n) is 4.09. The van der Waals surface area contributed by atoms with Crippen molar-refractivity contribution in [2.45, 2.75) is 6.04 Å². The zero-order valence-corrected chi connectivity index (χ0v) is 13.3. The van der Waals surface area contributed by atoms with Gasteiger partial charge >= 0.3 is 5.97 Å². The van der Waals surface area contributed by atoms with Gasteiger partial charge in [-0.05, 0) is 42.5 Å². The Kier molecular flexibility index (Phi) is 4.77. The molecule has 2 aromatic carbocycles. The molecule has 0 spiro atoms. The fraction of sp³-hybridized carbons (Fsp3) is 0.0714. The molecule has 0 aliphatic carbocycles. The second kappa shape index (κ2) is 6.37. The third-order valence-corrected chi connectivity index (χ3v) is 3.69. The van der Waals surface area contributed by atoms with Crippen LogP contribution >= 0.6 is 31.9 Å². The zero-order chi connectivity index (χ0) is 14.7. The van der Waals surface area contributed by atoms with Crippen molar-refractivity contribution in [3.8, 4) is 0 Å². The summed E-state index contributed by atoms with van der Waals surface area (Å²) in [6.07, 6.45) is 0. The van der Waals surface area contributed by atoms with Crippen LogP contribution in [0.2, 0.25) is 0 Å². The number of aliphatic carboxylic acids is 1. The van der Waals surface area contributed by atoms with E-state index in [1.807, 2.05) is 0 Å². The number of anilines is 1. The van der Waals surface area contributed by atoms with Gasteiger partial charge in [-0.15, -0.1) is 0 Å². The molecule has 0 heterocycles. The smallest absolute Gasteiger partial charge is 0.330 e. The van der Waals surface area contributed by atoms with Crippen LogP contribution in [0.25, 0.3) is 0 Å². The number of hydrogen-bond acceptors (Lipinski definition) is 2. The first-order valence-electron chi connectivity index (χ1n) is 5.67. The van der Waals surface area contributed by atoms with E-state index in [9.17, 15) is 14.3 Å². The number of benzene rings is 2. The molecule has 0 radical (unpaired) electrons. The molecule has 0 aliphatic rings. The maximum atomic E-state index is 13.8. The molecule has 0 amide bonds. The molecule has 0 aromatic heterocycles. The van der Waals surface area contributed by atoms with Crippen molar-refractivity contribution in [2.75, 3.05) is 5.32 Å². The third kappa shape index (κ3) is 3.58. The van der Waals surface area contributed by atoms with E-state index in [0.717, 1.165) is 4.47 Å². The van der Waals surface area contributed by atoms with Crippen LogP contribution in [0.1, 0.15) is 11.6 Å². The number of nitrogens with one attached hydrogen (secondary N) is 1. The van der Waals surface area contributed by atoms with Crippen molar-refractivity contribution >= 4 is 43.5 Å². The van der Waals surface area contributed by atoms with Crippen LogP contribution in [0.3, 0.4) is 0 Å². The van der Waals surface area contributed by atoms with E-state index < -0.39 is 17.8 Å². The molecular formula is C14H10Br2FNO2. The maximum Gasteiger partial charge on any atom is 0.330 e. The van der Waals surface area contributed by atoms with Gasteiger partial charge in [0.25, 0.3) is 0 Å². The van der Waals surface area contributed by atoms with Crippen LogP contribution < -0.4 is 5.32 Å². The lowest BCUT2D eigenvalue weighted by atomic mass is 10.1. The summed E-state index contributed by atoms with van der Waals surface area (Å²) in [6.45, 7) is 0. The Bertz CT molecular complexity index is 632. The molecule has 2 N–H and O–H groups in total. The van der Waals surface area contributed by atoms with Gasteiger partial charge in [0.05, 0.1) is 0 Å². The molecule has 104 valence electrons. The Labute approximate surface area is 132 Å². The van der Waals surface area contributed by atoms with Gasteiger partial charge in [-0.2, -0.15) is 0 Å². The molecule has 2 rings (SSSR count). The monoisotopic (exact) mass is 401 g/mol. The van der Waals surface area contributed by atoms with Gasteiger partial charge in [0.2, 0.25) is 0 Å². The Morgan fingerprint density at radius 3 is 2.30 bits per heavy atom. The van der Waals surface area contributed by atoms with Crippen LogP contribution in [0.4, 0.5) is 10.1 Å². The van der Waals surface area contributed by atoms with Crippen LogP contribution in [0.5, 0.6) is 0 Å². The molecule has 20 heavy (non-hydrogen) atoms. The topological polar surface area (TPSA) is 49.3 Å². The fourth-order valence-electron chi connectivity index (χ4n) is 1.72. The Morgan fingerprint density at radius 2 is 1.70 bits per heavy atom. The average Bonchev–Trinajstić information content (AvgIpc) is 2.41. The average molecular weight is 403 g/mol. The minimum atomic E-state index is -1.16. The number of rotatable bonds is 4. The highest BCUT2D eigenvalue weighted by Crippen LogP contribution is 2.26. The first-order valence-corrected chi connectivity index (χ1v) is 7.26. The molecule has 0 aliphatic heterocycles. The lowest BCUT2D eigenvalue weighted by molar-refractivity contribution is -0.138. The Morgan fingerprint density at radius 1 is 1.10 bits per heavy atom. The lowest BCUT2D eigenvalue weighted by Crippen LogP contribution is -2.21. The normalized spacial score (nSPS) is 11.9. The first-order chi connectivity index (χ1) is 9.47. The fourth-order valence-corrected chi connectivity index (χ4v) is 2.36. The van der Waals surface area contributed by atoms with Gasteiger partial charge in [-0.1, -0.05) is 31.9 Å². The molecular weight excluding hydrogens is 393 g/mol. The molecule has 6 heteroatoms. The van der Waals surface area contributed by atoms with Crippen LogP contribution in [-0.4, -0.2) is 11.1 Å². The molecule has 0 saturated heterocycles. The Hall–Kier alpha value is -1.40. The third-order valence-electron chi connectivity index (χ3n) is 2.67. The van der Waals surface area contributed by atoms with E-state index in [2.05, 4.69) is 37.2 Å². The summed E-state index contributed by atoms with van der Waals surface area (Å²) in [5.74, 6) is -1.71. The molecule has 1 atom stereocenters. The molecule has 2 aromatic rings. The van der Waals surface area contributed by atoms with E-state index in [4.69, 9.17) is 0 Å². The largest absolute Gasteiger partial charge is 0.479 e.